The van der Waals surface area contributed by atoms with E-state index in [4.69, 9.17) is 10.5 Å². The Kier molecular flexibility index (Phi) is 4.95. The van der Waals surface area contributed by atoms with Gasteiger partial charge < -0.3 is 15.8 Å². The molecule has 1 amide bonds. The average Bonchev–Trinajstić information content (AvgIpc) is 2.61. The number of carbonyl (C=O) groups is 1. The molecule has 0 aliphatic rings. The van der Waals surface area contributed by atoms with E-state index in [9.17, 15) is 4.79 Å². The number of hydrogen-bond donors (Lipinski definition) is 2. The number of carbonyl (C=O) groups excluding carboxylic acids is 1. The largest absolute Gasteiger partial charge is 0.489 e. The van der Waals surface area contributed by atoms with Gasteiger partial charge in [-0.1, -0.05) is 36.4 Å². The van der Waals surface area contributed by atoms with Crippen molar-refractivity contribution >= 4 is 17.4 Å². The van der Waals surface area contributed by atoms with Crippen molar-refractivity contribution in [2.45, 2.75) is 13.5 Å². The lowest BCUT2D eigenvalue weighted by molar-refractivity contribution is 0.102. The molecule has 5 nitrogen and oxygen atoms in total. The molecule has 1 heterocycles. The van der Waals surface area contributed by atoms with Crippen LogP contribution in [0.3, 0.4) is 0 Å². The first kappa shape index (κ1) is 16.5. The summed E-state index contributed by atoms with van der Waals surface area (Å²) in [5.74, 6) is 0.606. The van der Waals surface area contributed by atoms with Gasteiger partial charge in [0.05, 0.1) is 5.56 Å². The summed E-state index contributed by atoms with van der Waals surface area (Å²) in [7, 11) is 0. The molecule has 3 N–H and O–H groups in total. The highest BCUT2D eigenvalue weighted by Crippen LogP contribution is 2.21. The van der Waals surface area contributed by atoms with Crippen LogP contribution >= 0.6 is 0 Å². The van der Waals surface area contributed by atoms with Crippen molar-refractivity contribution < 1.29 is 9.53 Å². The van der Waals surface area contributed by atoms with Crippen LogP contribution in [0.5, 0.6) is 5.75 Å². The van der Waals surface area contributed by atoms with Crippen LogP contribution in [0.2, 0.25) is 0 Å². The van der Waals surface area contributed by atoms with Crippen LogP contribution in [0, 0.1) is 6.92 Å². The smallest absolute Gasteiger partial charge is 0.259 e. The van der Waals surface area contributed by atoms with Gasteiger partial charge in [0.1, 0.15) is 18.2 Å². The number of nitrogens with one attached hydrogen (secondary N) is 1. The molecular formula is C20H19N3O2. The van der Waals surface area contributed by atoms with Crippen LogP contribution in [0.15, 0.2) is 66.9 Å². The fourth-order valence-electron chi connectivity index (χ4n) is 2.47. The van der Waals surface area contributed by atoms with E-state index < -0.39 is 0 Å². The molecule has 0 spiro atoms. The molecule has 0 atom stereocenters. The number of rotatable bonds is 5. The lowest BCUT2D eigenvalue weighted by Crippen LogP contribution is -2.16. The highest BCUT2D eigenvalue weighted by atomic mass is 16.5. The number of amides is 1. The van der Waals surface area contributed by atoms with Gasteiger partial charge in [0.2, 0.25) is 0 Å². The third kappa shape index (κ3) is 4.14. The van der Waals surface area contributed by atoms with Crippen molar-refractivity contribution in [3.05, 3.63) is 83.6 Å². The van der Waals surface area contributed by atoms with E-state index in [1.54, 1.807) is 24.4 Å². The molecule has 0 saturated heterocycles. The zero-order valence-electron chi connectivity index (χ0n) is 13.9. The SMILES string of the molecule is Cc1ccnc(N)c1C(=O)Nc1cccc(OCc2ccccc2)c1. The van der Waals surface area contributed by atoms with Crippen LogP contribution in [0.4, 0.5) is 11.5 Å². The predicted molar refractivity (Wildman–Crippen MR) is 98.6 cm³/mol. The maximum Gasteiger partial charge on any atom is 0.259 e. The van der Waals surface area contributed by atoms with Crippen LogP contribution in [0.1, 0.15) is 21.5 Å². The van der Waals surface area contributed by atoms with Gasteiger partial charge >= 0.3 is 0 Å². The molecule has 5 heteroatoms. The third-order valence-electron chi connectivity index (χ3n) is 3.76. The second kappa shape index (κ2) is 7.49. The van der Waals surface area contributed by atoms with Crippen LogP contribution in [0.25, 0.3) is 0 Å². The fourth-order valence-corrected chi connectivity index (χ4v) is 2.47. The molecule has 1 aromatic heterocycles. The van der Waals surface area contributed by atoms with E-state index in [1.165, 1.54) is 0 Å². The minimum absolute atomic E-state index is 0.217. The number of benzene rings is 2. The summed E-state index contributed by atoms with van der Waals surface area (Å²) < 4.78 is 5.78. The molecule has 0 aliphatic carbocycles. The Balaban J connectivity index is 1.70. The topological polar surface area (TPSA) is 77.2 Å². The molecule has 3 rings (SSSR count). The number of hydrogen-bond acceptors (Lipinski definition) is 4. The van der Waals surface area contributed by atoms with Gasteiger partial charge in [0.25, 0.3) is 5.91 Å². The summed E-state index contributed by atoms with van der Waals surface area (Å²) in [4.78, 5) is 16.4. The molecule has 0 radical (unpaired) electrons. The fraction of sp³-hybridized carbons (Fsp3) is 0.100. The Morgan fingerprint density at radius 2 is 1.92 bits per heavy atom. The van der Waals surface area contributed by atoms with E-state index in [-0.39, 0.29) is 11.7 Å². The van der Waals surface area contributed by atoms with Gasteiger partial charge in [-0.05, 0) is 36.2 Å². The number of nitrogens with zero attached hydrogens (tertiary/aromatic N) is 1. The number of ether oxygens (including phenoxy) is 1. The van der Waals surface area contributed by atoms with E-state index in [1.807, 2.05) is 49.4 Å². The van der Waals surface area contributed by atoms with Crippen LogP contribution in [-0.4, -0.2) is 10.9 Å². The molecular weight excluding hydrogens is 314 g/mol. The standard InChI is InChI=1S/C20H19N3O2/c1-14-10-11-22-19(21)18(14)20(24)23-16-8-5-9-17(12-16)25-13-15-6-3-2-4-7-15/h2-12H,13H2,1H3,(H2,21,22)(H,23,24). The quantitative estimate of drug-likeness (QED) is 0.744. The van der Waals surface area contributed by atoms with Gasteiger partial charge in [-0.2, -0.15) is 0 Å². The number of aryl methyl sites for hydroxylation is 1. The van der Waals surface area contributed by atoms with Crippen molar-refractivity contribution in [1.29, 1.82) is 0 Å². The molecule has 0 bridgehead atoms. The number of nitrogens with two attached hydrogens (primary N) is 1. The van der Waals surface area contributed by atoms with Crippen LogP contribution in [-0.2, 0) is 6.61 Å². The summed E-state index contributed by atoms with van der Waals surface area (Å²) in [5.41, 5.74) is 8.70. The maximum atomic E-state index is 12.5. The second-order valence-corrected chi connectivity index (χ2v) is 5.64. The first-order valence-electron chi connectivity index (χ1n) is 7.93. The molecule has 0 unspecified atom stereocenters. The van der Waals surface area contributed by atoms with Crippen LogP contribution < -0.4 is 15.8 Å². The molecule has 25 heavy (non-hydrogen) atoms. The Labute approximate surface area is 146 Å². The van der Waals surface area contributed by atoms with Gasteiger partial charge in [-0.15, -0.1) is 0 Å². The molecule has 0 saturated carbocycles. The normalized spacial score (nSPS) is 10.3. The van der Waals surface area contributed by atoms with E-state index >= 15 is 0 Å². The Hall–Kier alpha value is -3.34. The van der Waals surface area contributed by atoms with Crippen molar-refractivity contribution in [2.75, 3.05) is 11.1 Å². The number of anilines is 2. The monoisotopic (exact) mass is 333 g/mol. The van der Waals surface area contributed by atoms with Crippen molar-refractivity contribution in [2.24, 2.45) is 0 Å². The molecule has 0 fully saturated rings. The number of nitrogen functional groups attached to an aromatic ring is 1. The highest BCUT2D eigenvalue weighted by Gasteiger charge is 2.14. The Bertz CT molecular complexity index is 859. The van der Waals surface area contributed by atoms with E-state index in [0.717, 1.165) is 11.1 Å². The molecule has 3 aromatic rings. The molecule has 2 aromatic carbocycles. The summed E-state index contributed by atoms with van der Waals surface area (Å²) in [5, 5.41) is 2.84. The Morgan fingerprint density at radius 3 is 2.68 bits per heavy atom. The predicted octanol–water partition coefficient (Wildman–Crippen LogP) is 3.80. The average molecular weight is 333 g/mol. The zero-order valence-corrected chi connectivity index (χ0v) is 13.9. The van der Waals surface area contributed by atoms with Gasteiger partial charge in [0.15, 0.2) is 0 Å². The van der Waals surface area contributed by atoms with Gasteiger partial charge in [-0.3, -0.25) is 4.79 Å². The minimum Gasteiger partial charge on any atom is -0.489 e. The first-order valence-corrected chi connectivity index (χ1v) is 7.93. The summed E-state index contributed by atoms with van der Waals surface area (Å²) in [6.45, 7) is 2.29. The van der Waals surface area contributed by atoms with E-state index in [2.05, 4.69) is 10.3 Å². The summed E-state index contributed by atoms with van der Waals surface area (Å²) in [6.07, 6.45) is 1.58. The zero-order chi connectivity index (χ0) is 17.6. The van der Waals surface area contributed by atoms with Crippen molar-refractivity contribution in [3.63, 3.8) is 0 Å². The molecule has 0 aliphatic heterocycles. The van der Waals surface area contributed by atoms with Crippen molar-refractivity contribution in [1.82, 2.24) is 4.98 Å². The lowest BCUT2D eigenvalue weighted by Gasteiger charge is -2.11. The van der Waals surface area contributed by atoms with Gasteiger partial charge in [0, 0.05) is 18.0 Å². The summed E-state index contributed by atoms with van der Waals surface area (Å²) in [6, 6.07) is 18.9. The third-order valence-corrected chi connectivity index (χ3v) is 3.76. The number of aromatic nitrogens is 1. The molecule has 126 valence electrons. The van der Waals surface area contributed by atoms with E-state index in [0.29, 0.717) is 23.6 Å². The lowest BCUT2D eigenvalue weighted by atomic mass is 10.1. The second-order valence-electron chi connectivity index (χ2n) is 5.64. The highest BCUT2D eigenvalue weighted by molar-refractivity contribution is 6.08. The first-order chi connectivity index (χ1) is 12.1. The van der Waals surface area contributed by atoms with Crippen molar-refractivity contribution in [3.8, 4) is 5.75 Å². The van der Waals surface area contributed by atoms with Gasteiger partial charge in [-0.25, -0.2) is 4.98 Å². The maximum absolute atomic E-state index is 12.5. The Morgan fingerprint density at radius 1 is 1.12 bits per heavy atom. The number of pyridine rings is 1. The minimum atomic E-state index is -0.289. The summed E-state index contributed by atoms with van der Waals surface area (Å²) >= 11 is 0.